The van der Waals surface area contributed by atoms with Gasteiger partial charge in [0.1, 0.15) is 0 Å². The molecule has 3 atom stereocenters. The Kier molecular flexibility index (Phi) is 4.59. The van der Waals surface area contributed by atoms with E-state index >= 15 is 0 Å². The van der Waals surface area contributed by atoms with Crippen molar-refractivity contribution in [3.05, 3.63) is 11.6 Å². The fourth-order valence-corrected chi connectivity index (χ4v) is 4.29. The summed E-state index contributed by atoms with van der Waals surface area (Å²) in [6.45, 7) is -0.0193. The summed E-state index contributed by atoms with van der Waals surface area (Å²) in [5.74, 6) is -3.57. The van der Waals surface area contributed by atoms with Gasteiger partial charge in [0, 0.05) is 0 Å². The summed E-state index contributed by atoms with van der Waals surface area (Å²) in [6, 6.07) is 0. The highest BCUT2D eigenvalue weighted by molar-refractivity contribution is 5.89. The largest absolute Gasteiger partial charge is 0.481 e. The van der Waals surface area contributed by atoms with Crippen LogP contribution in [0.25, 0.3) is 0 Å². The second-order valence-corrected chi connectivity index (χ2v) is 5.93. The fraction of sp³-hybridized carbons (Fsp3) is 0.600. The zero-order valence-corrected chi connectivity index (χ0v) is 12.3. The van der Waals surface area contributed by atoms with Crippen LogP contribution in [0.15, 0.2) is 21.6 Å². The Hall–Kier alpha value is -2.56. The lowest BCUT2D eigenvalue weighted by Crippen LogP contribution is -2.51. The predicted octanol–water partition coefficient (Wildman–Crippen LogP) is 0.930. The van der Waals surface area contributed by atoms with E-state index in [1.165, 1.54) is 12.2 Å². The fourth-order valence-electron chi connectivity index (χ4n) is 4.29. The van der Waals surface area contributed by atoms with Crippen LogP contribution in [0.2, 0.25) is 0 Å². The number of isocyanates is 2. The Morgan fingerprint density at radius 1 is 1.17 bits per heavy atom. The molecule has 0 radical (unpaired) electrons. The van der Waals surface area contributed by atoms with Gasteiger partial charge in [-0.15, -0.1) is 0 Å². The molecule has 1 fully saturated rings. The molecular formula is C15H16N2O6. The van der Waals surface area contributed by atoms with Gasteiger partial charge in [-0.3, -0.25) is 9.59 Å². The molecule has 23 heavy (non-hydrogen) atoms. The van der Waals surface area contributed by atoms with Gasteiger partial charge in [0.15, 0.2) is 0 Å². The molecule has 0 amide bonds. The van der Waals surface area contributed by atoms with Crippen LogP contribution in [0.3, 0.4) is 0 Å². The normalized spacial score (nSPS) is 31.0. The number of rotatable bonds is 8. The molecule has 1 saturated carbocycles. The number of hydrogen-bond acceptors (Lipinski definition) is 6. The first kappa shape index (κ1) is 16.8. The van der Waals surface area contributed by atoms with Crippen LogP contribution in [-0.2, 0) is 19.2 Å². The van der Waals surface area contributed by atoms with Crippen molar-refractivity contribution in [3.8, 4) is 0 Å². The zero-order valence-electron chi connectivity index (χ0n) is 12.3. The van der Waals surface area contributed by atoms with Crippen molar-refractivity contribution in [1.29, 1.82) is 0 Å². The first-order valence-corrected chi connectivity index (χ1v) is 7.17. The predicted molar refractivity (Wildman–Crippen MR) is 76.2 cm³/mol. The Bertz CT molecular complexity index is 659. The lowest BCUT2D eigenvalue weighted by Gasteiger charge is -2.44. The van der Waals surface area contributed by atoms with Crippen LogP contribution in [0.5, 0.6) is 0 Å². The minimum absolute atomic E-state index is 0.0727. The standard InChI is InChI=1S/C15H16N2O6/c18-8-16-5-3-14-2-1-10(7-14)11(12(20)21)15(14,13(22)23)4-6-17-9-19/h1,11H,2-7H2,(H,20,21)(H,22,23). The van der Waals surface area contributed by atoms with Gasteiger partial charge >= 0.3 is 11.9 Å². The number of nitrogens with zero attached hydrogens (tertiary/aromatic N) is 2. The number of carbonyl (C=O) groups excluding carboxylic acids is 2. The van der Waals surface area contributed by atoms with Gasteiger partial charge in [-0.25, -0.2) is 19.6 Å². The minimum Gasteiger partial charge on any atom is -0.481 e. The molecule has 0 aromatic carbocycles. The van der Waals surface area contributed by atoms with Crippen molar-refractivity contribution in [2.75, 3.05) is 13.1 Å². The molecule has 0 aromatic heterocycles. The molecule has 2 aliphatic rings. The van der Waals surface area contributed by atoms with E-state index in [0.29, 0.717) is 18.4 Å². The molecule has 122 valence electrons. The number of hydrogen-bond donors (Lipinski definition) is 2. The molecular weight excluding hydrogens is 304 g/mol. The number of aliphatic carboxylic acids is 2. The number of carboxylic acid groups (broad SMARTS) is 2. The third-order valence-electron chi connectivity index (χ3n) is 5.19. The van der Waals surface area contributed by atoms with Gasteiger partial charge in [-0.05, 0) is 31.1 Å². The third-order valence-corrected chi connectivity index (χ3v) is 5.19. The molecule has 0 aromatic rings. The number of carbonyl (C=O) groups is 2. The molecule has 2 rings (SSSR count). The SMILES string of the molecule is O=C=NCCC12CC=C(C1)C(C(=O)O)C2(CCN=C=O)C(=O)O. The van der Waals surface area contributed by atoms with Crippen molar-refractivity contribution in [3.63, 3.8) is 0 Å². The van der Waals surface area contributed by atoms with E-state index in [4.69, 9.17) is 0 Å². The molecule has 8 heteroatoms. The van der Waals surface area contributed by atoms with Crippen LogP contribution in [0.1, 0.15) is 25.7 Å². The first-order valence-electron chi connectivity index (χ1n) is 7.17. The molecule has 8 nitrogen and oxygen atoms in total. The number of carboxylic acids is 2. The van der Waals surface area contributed by atoms with Crippen molar-refractivity contribution in [2.24, 2.45) is 26.7 Å². The van der Waals surface area contributed by atoms with Crippen LogP contribution >= 0.6 is 0 Å². The Labute approximate surface area is 131 Å². The summed E-state index contributed by atoms with van der Waals surface area (Å²) >= 11 is 0. The molecule has 2 N–H and O–H groups in total. The van der Waals surface area contributed by atoms with Gasteiger partial charge in [-0.1, -0.05) is 11.6 Å². The molecule has 2 bridgehead atoms. The summed E-state index contributed by atoms with van der Waals surface area (Å²) in [5.41, 5.74) is -1.82. The minimum atomic E-state index is -1.57. The van der Waals surface area contributed by atoms with E-state index < -0.39 is 28.7 Å². The van der Waals surface area contributed by atoms with Gasteiger partial charge in [0.05, 0.1) is 24.4 Å². The van der Waals surface area contributed by atoms with Crippen LogP contribution in [0.4, 0.5) is 0 Å². The summed E-state index contributed by atoms with van der Waals surface area (Å²) in [6.07, 6.45) is 5.49. The molecule has 0 heterocycles. The molecule has 0 saturated heterocycles. The molecule has 2 aliphatic carbocycles. The molecule has 0 aliphatic heterocycles. The van der Waals surface area contributed by atoms with E-state index in [1.807, 2.05) is 0 Å². The maximum absolute atomic E-state index is 12.1. The number of aliphatic imine (C=N–C) groups is 2. The van der Waals surface area contributed by atoms with E-state index in [2.05, 4.69) is 9.98 Å². The topological polar surface area (TPSA) is 133 Å². The molecule has 3 unspecified atom stereocenters. The second kappa shape index (κ2) is 6.28. The Balaban J connectivity index is 2.50. The third kappa shape index (κ3) is 2.42. The Morgan fingerprint density at radius 2 is 1.78 bits per heavy atom. The van der Waals surface area contributed by atoms with Crippen molar-refractivity contribution in [2.45, 2.75) is 25.7 Å². The monoisotopic (exact) mass is 320 g/mol. The number of fused-ring (bicyclic) bond motifs is 2. The van der Waals surface area contributed by atoms with Gasteiger partial charge in [0.25, 0.3) is 0 Å². The van der Waals surface area contributed by atoms with Crippen LogP contribution in [0, 0.1) is 16.7 Å². The highest BCUT2D eigenvalue weighted by Crippen LogP contribution is 2.67. The van der Waals surface area contributed by atoms with E-state index in [1.54, 1.807) is 6.08 Å². The van der Waals surface area contributed by atoms with Gasteiger partial charge in [-0.2, -0.15) is 0 Å². The quantitative estimate of drug-likeness (QED) is 0.388. The highest BCUT2D eigenvalue weighted by atomic mass is 16.4. The van der Waals surface area contributed by atoms with E-state index in [0.717, 1.165) is 0 Å². The number of allylic oxidation sites excluding steroid dienone is 1. The second-order valence-electron chi connectivity index (χ2n) is 5.93. The first-order chi connectivity index (χ1) is 10.9. The average molecular weight is 320 g/mol. The Morgan fingerprint density at radius 3 is 2.30 bits per heavy atom. The summed E-state index contributed by atoms with van der Waals surface area (Å²) in [7, 11) is 0. The molecule has 0 spiro atoms. The van der Waals surface area contributed by atoms with Gasteiger partial charge in [0.2, 0.25) is 12.2 Å². The van der Waals surface area contributed by atoms with Crippen molar-refractivity contribution >= 4 is 24.1 Å². The van der Waals surface area contributed by atoms with Gasteiger partial charge < -0.3 is 10.2 Å². The summed E-state index contributed by atoms with van der Waals surface area (Å²) in [4.78, 5) is 51.3. The lowest BCUT2D eigenvalue weighted by molar-refractivity contribution is -0.169. The van der Waals surface area contributed by atoms with Crippen LogP contribution < -0.4 is 0 Å². The van der Waals surface area contributed by atoms with Crippen molar-refractivity contribution < 1.29 is 29.4 Å². The van der Waals surface area contributed by atoms with Crippen molar-refractivity contribution in [1.82, 2.24) is 0 Å². The zero-order chi connectivity index (χ0) is 17.1. The lowest BCUT2D eigenvalue weighted by atomic mass is 9.56. The van der Waals surface area contributed by atoms with Crippen LogP contribution in [-0.4, -0.2) is 47.4 Å². The van der Waals surface area contributed by atoms with E-state index in [9.17, 15) is 29.4 Å². The average Bonchev–Trinajstić information content (AvgIpc) is 3.02. The summed E-state index contributed by atoms with van der Waals surface area (Å²) in [5, 5.41) is 19.5. The smallest absolute Gasteiger partial charge is 0.311 e. The highest BCUT2D eigenvalue weighted by Gasteiger charge is 2.69. The van der Waals surface area contributed by atoms with E-state index in [-0.39, 0.29) is 25.9 Å². The maximum Gasteiger partial charge on any atom is 0.311 e. The summed E-state index contributed by atoms with van der Waals surface area (Å²) < 4.78 is 0. The maximum atomic E-state index is 12.1.